The number of thiazole rings is 1. The quantitative estimate of drug-likeness (QED) is 0.769. The maximum absolute atomic E-state index is 5.13. The number of aromatic nitrogens is 1. The zero-order valence-electron chi connectivity index (χ0n) is 8.04. The molecule has 1 aromatic rings. The smallest absolute Gasteiger partial charge is 0.166 e. The second-order valence-electron chi connectivity index (χ2n) is 3.48. The summed E-state index contributed by atoms with van der Waals surface area (Å²) in [6.07, 6.45) is 2.50. The number of nitrogens with one attached hydrogen (secondary N) is 2. The summed E-state index contributed by atoms with van der Waals surface area (Å²) in [5.41, 5.74) is 1.08. The first-order chi connectivity index (χ1) is 6.74. The maximum atomic E-state index is 5.13. The van der Waals surface area contributed by atoms with Crippen molar-refractivity contribution < 1.29 is 0 Å². The van der Waals surface area contributed by atoms with Crippen molar-refractivity contribution in [3.8, 4) is 0 Å². The van der Waals surface area contributed by atoms with Gasteiger partial charge in [-0.25, -0.2) is 4.98 Å². The highest BCUT2D eigenvalue weighted by atomic mass is 32.1. The Bertz CT molecular complexity index is 331. The van der Waals surface area contributed by atoms with E-state index in [9.17, 15) is 0 Å². The van der Waals surface area contributed by atoms with Gasteiger partial charge in [0.2, 0.25) is 0 Å². The molecule has 5 heteroatoms. The lowest BCUT2D eigenvalue weighted by Gasteiger charge is -2.07. The third-order valence-electron chi connectivity index (χ3n) is 1.98. The number of aryl methyl sites for hydroxylation is 1. The standard InChI is InChI=1S/C9H13N3S2/c1-6-5-14-8(11-6)4-10-9(13)12-7-2-3-7/h5,7H,2-4H2,1H3,(H2,10,12,13). The fourth-order valence-electron chi connectivity index (χ4n) is 1.10. The summed E-state index contributed by atoms with van der Waals surface area (Å²) in [5.74, 6) is 0. The van der Waals surface area contributed by atoms with Crippen molar-refractivity contribution in [2.24, 2.45) is 0 Å². The minimum Gasteiger partial charge on any atom is -0.360 e. The first kappa shape index (κ1) is 9.86. The van der Waals surface area contributed by atoms with Gasteiger partial charge in [-0.1, -0.05) is 0 Å². The lowest BCUT2D eigenvalue weighted by Crippen LogP contribution is -2.35. The van der Waals surface area contributed by atoms with Gasteiger partial charge in [-0.2, -0.15) is 0 Å². The molecule has 0 aromatic carbocycles. The monoisotopic (exact) mass is 227 g/mol. The fourth-order valence-corrected chi connectivity index (χ4v) is 2.05. The van der Waals surface area contributed by atoms with Gasteiger partial charge in [0.1, 0.15) is 5.01 Å². The average Bonchev–Trinajstić information content (AvgIpc) is 2.85. The number of hydrogen-bond donors (Lipinski definition) is 2. The molecule has 0 atom stereocenters. The summed E-state index contributed by atoms with van der Waals surface area (Å²) in [6, 6.07) is 0.619. The van der Waals surface area contributed by atoms with Gasteiger partial charge >= 0.3 is 0 Å². The summed E-state index contributed by atoms with van der Waals surface area (Å²) in [5, 5.41) is 10.3. The van der Waals surface area contributed by atoms with E-state index in [1.807, 2.05) is 12.3 Å². The molecule has 1 fully saturated rings. The summed E-state index contributed by atoms with van der Waals surface area (Å²) < 4.78 is 0. The molecule has 1 saturated carbocycles. The van der Waals surface area contributed by atoms with Crippen LogP contribution in [0.4, 0.5) is 0 Å². The van der Waals surface area contributed by atoms with E-state index in [-0.39, 0.29) is 0 Å². The average molecular weight is 227 g/mol. The van der Waals surface area contributed by atoms with Gasteiger partial charge in [0.05, 0.1) is 6.54 Å². The first-order valence-electron chi connectivity index (χ1n) is 4.69. The lowest BCUT2D eigenvalue weighted by molar-refractivity contribution is 0.823. The Morgan fingerprint density at radius 3 is 3.07 bits per heavy atom. The van der Waals surface area contributed by atoms with E-state index in [2.05, 4.69) is 15.6 Å². The summed E-state index contributed by atoms with van der Waals surface area (Å²) in [4.78, 5) is 4.35. The Labute approximate surface area is 92.9 Å². The van der Waals surface area contributed by atoms with Gasteiger partial charge in [-0.05, 0) is 32.0 Å². The summed E-state index contributed by atoms with van der Waals surface area (Å²) in [6.45, 7) is 2.73. The van der Waals surface area contributed by atoms with Gasteiger partial charge < -0.3 is 10.6 Å². The molecule has 0 saturated heterocycles. The van der Waals surface area contributed by atoms with Crippen LogP contribution >= 0.6 is 23.6 Å². The van der Waals surface area contributed by atoms with E-state index in [0.717, 1.165) is 22.4 Å². The third-order valence-corrected chi connectivity index (χ3v) is 3.21. The number of thiocarbonyl (C=S) groups is 1. The molecule has 1 aliphatic carbocycles. The van der Waals surface area contributed by atoms with Crippen molar-refractivity contribution in [2.75, 3.05) is 0 Å². The molecule has 0 unspecified atom stereocenters. The maximum Gasteiger partial charge on any atom is 0.166 e. The molecule has 0 aliphatic heterocycles. The van der Waals surface area contributed by atoms with Crippen molar-refractivity contribution in [3.05, 3.63) is 16.1 Å². The first-order valence-corrected chi connectivity index (χ1v) is 5.98. The van der Waals surface area contributed by atoms with Crippen LogP contribution in [0.15, 0.2) is 5.38 Å². The predicted octanol–water partition coefficient (Wildman–Crippen LogP) is 1.58. The Balaban J connectivity index is 1.73. The molecule has 0 bridgehead atoms. The number of nitrogens with zero attached hydrogens (tertiary/aromatic N) is 1. The van der Waals surface area contributed by atoms with Gasteiger partial charge in [-0.3, -0.25) is 0 Å². The third kappa shape index (κ3) is 2.92. The van der Waals surface area contributed by atoms with Crippen LogP contribution < -0.4 is 10.6 Å². The predicted molar refractivity (Wildman–Crippen MR) is 62.4 cm³/mol. The van der Waals surface area contributed by atoms with Gasteiger partial charge in [0.25, 0.3) is 0 Å². The molecule has 2 N–H and O–H groups in total. The van der Waals surface area contributed by atoms with E-state index in [1.165, 1.54) is 12.8 Å². The highest BCUT2D eigenvalue weighted by Crippen LogP contribution is 2.18. The van der Waals surface area contributed by atoms with E-state index in [1.54, 1.807) is 11.3 Å². The molecular weight excluding hydrogens is 214 g/mol. The van der Waals surface area contributed by atoms with E-state index in [4.69, 9.17) is 12.2 Å². The Hall–Kier alpha value is -0.680. The highest BCUT2D eigenvalue weighted by Gasteiger charge is 2.21. The van der Waals surface area contributed by atoms with Crippen LogP contribution in [0.25, 0.3) is 0 Å². The number of hydrogen-bond acceptors (Lipinski definition) is 3. The van der Waals surface area contributed by atoms with Crippen LogP contribution in [0, 0.1) is 6.92 Å². The molecule has 1 heterocycles. The normalized spacial score (nSPS) is 15.2. The lowest BCUT2D eigenvalue weighted by atomic mass is 10.6. The molecule has 3 nitrogen and oxygen atoms in total. The Morgan fingerprint density at radius 2 is 2.50 bits per heavy atom. The van der Waals surface area contributed by atoms with Crippen molar-refractivity contribution in [1.29, 1.82) is 0 Å². The SMILES string of the molecule is Cc1csc(CNC(=S)NC2CC2)n1. The van der Waals surface area contributed by atoms with Crippen LogP contribution in [0.1, 0.15) is 23.5 Å². The molecular formula is C9H13N3S2. The fraction of sp³-hybridized carbons (Fsp3) is 0.556. The minimum atomic E-state index is 0.619. The molecule has 0 amide bonds. The van der Waals surface area contributed by atoms with Crippen LogP contribution in [0.2, 0.25) is 0 Å². The number of rotatable bonds is 3. The summed E-state index contributed by atoms with van der Waals surface area (Å²) >= 11 is 6.80. The van der Waals surface area contributed by atoms with Gasteiger partial charge in [-0.15, -0.1) is 11.3 Å². The molecule has 76 valence electrons. The Kier molecular flexibility index (Phi) is 2.98. The van der Waals surface area contributed by atoms with Crippen LogP contribution in [-0.2, 0) is 6.54 Å². The second kappa shape index (κ2) is 4.23. The second-order valence-corrected chi connectivity index (χ2v) is 4.83. The molecule has 0 radical (unpaired) electrons. The van der Waals surface area contributed by atoms with E-state index in [0.29, 0.717) is 6.04 Å². The topological polar surface area (TPSA) is 37.0 Å². The van der Waals surface area contributed by atoms with Gasteiger partial charge in [0, 0.05) is 17.1 Å². The molecule has 0 spiro atoms. The molecule has 1 aliphatic rings. The van der Waals surface area contributed by atoms with E-state index >= 15 is 0 Å². The zero-order chi connectivity index (χ0) is 9.97. The van der Waals surface area contributed by atoms with E-state index < -0.39 is 0 Å². The largest absolute Gasteiger partial charge is 0.360 e. The molecule has 1 aromatic heterocycles. The van der Waals surface area contributed by atoms with Crippen LogP contribution in [-0.4, -0.2) is 16.1 Å². The summed E-state index contributed by atoms with van der Waals surface area (Å²) in [7, 11) is 0. The van der Waals surface area contributed by atoms with Crippen molar-refractivity contribution in [3.63, 3.8) is 0 Å². The van der Waals surface area contributed by atoms with Crippen LogP contribution in [0.5, 0.6) is 0 Å². The Morgan fingerprint density at radius 1 is 1.71 bits per heavy atom. The van der Waals surface area contributed by atoms with Crippen molar-refractivity contribution in [2.45, 2.75) is 32.4 Å². The zero-order valence-corrected chi connectivity index (χ0v) is 9.67. The van der Waals surface area contributed by atoms with Crippen molar-refractivity contribution in [1.82, 2.24) is 15.6 Å². The van der Waals surface area contributed by atoms with Crippen molar-refractivity contribution >= 4 is 28.7 Å². The minimum absolute atomic E-state index is 0.619. The van der Waals surface area contributed by atoms with Crippen LogP contribution in [0.3, 0.4) is 0 Å². The molecule has 2 rings (SSSR count). The highest BCUT2D eigenvalue weighted by molar-refractivity contribution is 7.80. The molecule has 14 heavy (non-hydrogen) atoms. The van der Waals surface area contributed by atoms with Gasteiger partial charge in [0.15, 0.2) is 5.11 Å².